The first-order chi connectivity index (χ1) is 6.57. The van der Waals surface area contributed by atoms with Crippen LogP contribution in [-0.2, 0) is 4.79 Å². The molecule has 0 bridgehead atoms. The molecular formula is C10H9FO3. The van der Waals surface area contributed by atoms with Crippen LogP contribution in [0.4, 0.5) is 4.39 Å². The molecule has 0 heterocycles. The van der Waals surface area contributed by atoms with E-state index in [1.54, 1.807) is 0 Å². The second-order valence-corrected chi connectivity index (χ2v) is 2.61. The molecule has 1 aromatic carbocycles. The third-order valence-electron chi connectivity index (χ3n) is 1.77. The first kappa shape index (κ1) is 10.2. The average Bonchev–Trinajstić information content (AvgIpc) is 2.17. The van der Waals surface area contributed by atoms with Gasteiger partial charge in [0.1, 0.15) is 0 Å². The van der Waals surface area contributed by atoms with Gasteiger partial charge in [0.15, 0.2) is 11.6 Å². The summed E-state index contributed by atoms with van der Waals surface area (Å²) in [6.45, 7) is 3.27. The first-order valence-electron chi connectivity index (χ1n) is 3.83. The van der Waals surface area contributed by atoms with Crippen LogP contribution in [0.15, 0.2) is 24.8 Å². The summed E-state index contributed by atoms with van der Waals surface area (Å²) in [5.41, 5.74) is -0.349. The van der Waals surface area contributed by atoms with Gasteiger partial charge in [-0.15, -0.1) is 0 Å². The van der Waals surface area contributed by atoms with Crippen LogP contribution in [-0.4, -0.2) is 18.2 Å². The van der Waals surface area contributed by atoms with E-state index >= 15 is 0 Å². The number of rotatable bonds is 3. The van der Waals surface area contributed by atoms with E-state index < -0.39 is 11.8 Å². The Balaban J connectivity index is 3.22. The van der Waals surface area contributed by atoms with E-state index in [0.717, 1.165) is 0 Å². The Hall–Kier alpha value is -1.84. The van der Waals surface area contributed by atoms with Crippen LogP contribution in [0, 0.1) is 5.82 Å². The van der Waals surface area contributed by atoms with Gasteiger partial charge in [0, 0.05) is 5.56 Å². The molecule has 0 saturated carbocycles. The van der Waals surface area contributed by atoms with E-state index in [4.69, 9.17) is 9.84 Å². The Bertz CT molecular complexity index is 385. The molecule has 0 unspecified atom stereocenters. The van der Waals surface area contributed by atoms with E-state index in [1.807, 2.05) is 0 Å². The molecule has 0 radical (unpaired) electrons. The number of halogens is 1. The third-order valence-corrected chi connectivity index (χ3v) is 1.77. The second-order valence-electron chi connectivity index (χ2n) is 2.61. The van der Waals surface area contributed by atoms with Crippen molar-refractivity contribution in [3.05, 3.63) is 36.2 Å². The number of hydrogen-bond donors (Lipinski definition) is 1. The number of carboxylic acid groups (broad SMARTS) is 1. The maximum Gasteiger partial charge on any atom is 0.335 e. The van der Waals surface area contributed by atoms with E-state index in [2.05, 4.69) is 6.58 Å². The van der Waals surface area contributed by atoms with Gasteiger partial charge in [-0.05, 0) is 6.07 Å². The SMILES string of the molecule is C=C(C(=O)O)c1cccc(OC)c1F. The first-order valence-corrected chi connectivity index (χ1v) is 3.83. The van der Waals surface area contributed by atoms with Gasteiger partial charge in [-0.2, -0.15) is 0 Å². The molecular weight excluding hydrogens is 187 g/mol. The number of ether oxygens (including phenoxy) is 1. The molecule has 0 atom stereocenters. The average molecular weight is 196 g/mol. The van der Waals surface area contributed by atoms with Crippen molar-refractivity contribution in [2.75, 3.05) is 7.11 Å². The van der Waals surface area contributed by atoms with Gasteiger partial charge in [0.05, 0.1) is 12.7 Å². The van der Waals surface area contributed by atoms with Crippen LogP contribution in [0.1, 0.15) is 5.56 Å². The van der Waals surface area contributed by atoms with Crippen LogP contribution in [0.25, 0.3) is 5.57 Å². The molecule has 1 N–H and O–H groups in total. The van der Waals surface area contributed by atoms with Crippen molar-refractivity contribution < 1.29 is 19.0 Å². The summed E-state index contributed by atoms with van der Waals surface area (Å²) < 4.78 is 18.1. The molecule has 0 amide bonds. The Labute approximate surface area is 80.4 Å². The Kier molecular flexibility index (Phi) is 2.86. The molecule has 0 aliphatic carbocycles. The van der Waals surface area contributed by atoms with E-state index in [0.29, 0.717) is 0 Å². The maximum atomic E-state index is 13.4. The van der Waals surface area contributed by atoms with Crippen molar-refractivity contribution in [2.45, 2.75) is 0 Å². The Morgan fingerprint density at radius 3 is 2.71 bits per heavy atom. The van der Waals surface area contributed by atoms with Gasteiger partial charge in [-0.3, -0.25) is 0 Å². The van der Waals surface area contributed by atoms with Crippen LogP contribution in [0.2, 0.25) is 0 Å². The van der Waals surface area contributed by atoms with E-state index in [-0.39, 0.29) is 16.9 Å². The lowest BCUT2D eigenvalue weighted by Gasteiger charge is -2.06. The number of hydrogen-bond acceptors (Lipinski definition) is 2. The van der Waals surface area contributed by atoms with Crippen molar-refractivity contribution in [1.29, 1.82) is 0 Å². The summed E-state index contributed by atoms with van der Waals surface area (Å²) >= 11 is 0. The minimum absolute atomic E-state index is 0.00454. The lowest BCUT2D eigenvalue weighted by Crippen LogP contribution is -2.01. The fourth-order valence-electron chi connectivity index (χ4n) is 1.02. The number of methoxy groups -OCH3 is 1. The summed E-state index contributed by atoms with van der Waals surface area (Å²) in [5, 5.41) is 8.62. The van der Waals surface area contributed by atoms with Gasteiger partial charge >= 0.3 is 5.97 Å². The summed E-state index contributed by atoms with van der Waals surface area (Å²) in [5.74, 6) is -1.95. The summed E-state index contributed by atoms with van der Waals surface area (Å²) in [7, 11) is 1.31. The lowest BCUT2D eigenvalue weighted by molar-refractivity contribution is -0.130. The Morgan fingerprint density at radius 1 is 1.57 bits per heavy atom. The van der Waals surface area contributed by atoms with Crippen molar-refractivity contribution in [1.82, 2.24) is 0 Å². The number of carboxylic acids is 1. The van der Waals surface area contributed by atoms with Gasteiger partial charge < -0.3 is 9.84 Å². The van der Waals surface area contributed by atoms with Crippen molar-refractivity contribution in [2.24, 2.45) is 0 Å². The zero-order chi connectivity index (χ0) is 10.7. The predicted octanol–water partition coefficient (Wildman–Crippen LogP) is 1.93. The summed E-state index contributed by atoms with van der Waals surface area (Å²) in [6, 6.07) is 4.26. The van der Waals surface area contributed by atoms with Crippen LogP contribution < -0.4 is 4.74 Å². The highest BCUT2D eigenvalue weighted by Crippen LogP contribution is 2.24. The molecule has 0 saturated heterocycles. The molecule has 14 heavy (non-hydrogen) atoms. The minimum Gasteiger partial charge on any atom is -0.494 e. The fourth-order valence-corrected chi connectivity index (χ4v) is 1.02. The molecule has 3 nitrogen and oxygen atoms in total. The monoisotopic (exact) mass is 196 g/mol. The van der Waals surface area contributed by atoms with Gasteiger partial charge in [0.25, 0.3) is 0 Å². The highest BCUT2D eigenvalue weighted by Gasteiger charge is 2.15. The zero-order valence-corrected chi connectivity index (χ0v) is 7.58. The van der Waals surface area contributed by atoms with E-state index in [9.17, 15) is 9.18 Å². The number of aliphatic carboxylic acids is 1. The fraction of sp³-hybridized carbons (Fsp3) is 0.100. The molecule has 74 valence electrons. The predicted molar refractivity (Wildman–Crippen MR) is 49.6 cm³/mol. The minimum atomic E-state index is -1.25. The quantitative estimate of drug-likeness (QED) is 0.751. The molecule has 1 rings (SSSR count). The lowest BCUT2D eigenvalue weighted by atomic mass is 10.1. The van der Waals surface area contributed by atoms with Crippen molar-refractivity contribution in [3.63, 3.8) is 0 Å². The largest absolute Gasteiger partial charge is 0.494 e. The number of carbonyl (C=O) groups is 1. The standard InChI is InChI=1S/C10H9FO3/c1-6(10(12)13)7-4-3-5-8(14-2)9(7)11/h3-5H,1H2,2H3,(H,12,13). The van der Waals surface area contributed by atoms with Gasteiger partial charge in [-0.25, -0.2) is 9.18 Å². The van der Waals surface area contributed by atoms with Crippen LogP contribution in [0.5, 0.6) is 5.75 Å². The Morgan fingerprint density at radius 2 is 2.21 bits per heavy atom. The molecule has 0 aliphatic rings. The molecule has 0 spiro atoms. The van der Waals surface area contributed by atoms with Crippen molar-refractivity contribution in [3.8, 4) is 5.75 Å². The summed E-state index contributed by atoms with van der Waals surface area (Å²) in [4.78, 5) is 10.5. The second kappa shape index (κ2) is 3.91. The third kappa shape index (κ3) is 1.74. The topological polar surface area (TPSA) is 46.5 Å². The smallest absolute Gasteiger partial charge is 0.335 e. The normalized spacial score (nSPS) is 9.57. The zero-order valence-electron chi connectivity index (χ0n) is 7.58. The molecule has 0 aliphatic heterocycles. The highest BCUT2D eigenvalue weighted by molar-refractivity contribution is 6.14. The molecule has 0 fully saturated rings. The maximum absolute atomic E-state index is 13.4. The molecule has 1 aromatic rings. The van der Waals surface area contributed by atoms with Crippen molar-refractivity contribution >= 4 is 11.5 Å². The summed E-state index contributed by atoms with van der Waals surface area (Å²) in [6.07, 6.45) is 0. The van der Waals surface area contributed by atoms with Gasteiger partial charge in [0.2, 0.25) is 0 Å². The van der Waals surface area contributed by atoms with E-state index in [1.165, 1.54) is 25.3 Å². The molecule has 4 heteroatoms. The van der Waals surface area contributed by atoms with Gasteiger partial charge in [-0.1, -0.05) is 18.7 Å². The molecule has 0 aromatic heterocycles. The van der Waals surface area contributed by atoms with Crippen LogP contribution >= 0.6 is 0 Å². The van der Waals surface area contributed by atoms with Crippen LogP contribution in [0.3, 0.4) is 0 Å². The highest BCUT2D eigenvalue weighted by atomic mass is 19.1. The number of benzene rings is 1.